The lowest BCUT2D eigenvalue weighted by Gasteiger charge is -2.34. The summed E-state index contributed by atoms with van der Waals surface area (Å²) in [7, 11) is 0. The lowest BCUT2D eigenvalue weighted by atomic mass is 9.82. The van der Waals surface area contributed by atoms with Crippen molar-refractivity contribution in [2.24, 2.45) is 11.8 Å². The molecule has 9 rings (SSSR count). The molecule has 0 radical (unpaired) electrons. The fourth-order valence-corrected chi connectivity index (χ4v) is 9.56. The third-order valence-corrected chi connectivity index (χ3v) is 11.9. The van der Waals surface area contributed by atoms with Crippen LogP contribution < -0.4 is 9.80 Å². The summed E-state index contributed by atoms with van der Waals surface area (Å²) in [5, 5.41) is 5.09. The van der Waals surface area contributed by atoms with E-state index in [9.17, 15) is 0 Å². The van der Waals surface area contributed by atoms with E-state index < -0.39 is 0 Å². The Morgan fingerprint density at radius 3 is 1.27 bits per heavy atom. The van der Waals surface area contributed by atoms with Gasteiger partial charge in [-0.25, -0.2) is 0 Å². The second kappa shape index (κ2) is 13.0. The maximum absolute atomic E-state index is 2.60. The van der Waals surface area contributed by atoms with Crippen LogP contribution in [0.3, 0.4) is 0 Å². The van der Waals surface area contributed by atoms with Crippen molar-refractivity contribution in [3.8, 4) is 0 Å². The maximum atomic E-state index is 2.60. The van der Waals surface area contributed by atoms with Crippen LogP contribution in [0.2, 0.25) is 0 Å². The van der Waals surface area contributed by atoms with Gasteiger partial charge in [-0.1, -0.05) is 84.8 Å². The number of hydrogen-bond donors (Lipinski definition) is 0. The van der Waals surface area contributed by atoms with Gasteiger partial charge in [0.2, 0.25) is 0 Å². The fraction of sp³-hybridized carbons (Fsp3) is 0.240. The number of benzene rings is 7. The topological polar surface area (TPSA) is 6.48 Å². The van der Waals surface area contributed by atoms with E-state index in [1.807, 2.05) is 0 Å². The molecule has 3 unspecified atom stereocenters. The van der Waals surface area contributed by atoms with Crippen molar-refractivity contribution in [3.05, 3.63) is 167 Å². The molecule has 0 spiro atoms. The zero-order chi connectivity index (χ0) is 35.5. The number of nitrogens with zero attached hydrogens (tertiary/aromatic N) is 2. The molecular weight excluding hydrogens is 629 g/mol. The molecule has 2 aliphatic rings. The molecule has 0 aromatic heterocycles. The van der Waals surface area contributed by atoms with Gasteiger partial charge in [0.25, 0.3) is 0 Å². The largest absolute Gasteiger partial charge is 0.309 e. The Morgan fingerprint density at radius 2 is 0.846 bits per heavy atom. The summed E-state index contributed by atoms with van der Waals surface area (Å²) in [6.07, 6.45) is 5.49. The van der Waals surface area contributed by atoms with Gasteiger partial charge in [-0.05, 0) is 160 Å². The molecule has 2 nitrogen and oxygen atoms in total. The Balaban J connectivity index is 1.44. The van der Waals surface area contributed by atoms with E-state index >= 15 is 0 Å². The predicted molar refractivity (Wildman–Crippen MR) is 223 cm³/mol. The van der Waals surface area contributed by atoms with Gasteiger partial charge in [-0.3, -0.25) is 0 Å². The average Bonchev–Trinajstić information content (AvgIpc) is 3.77. The van der Waals surface area contributed by atoms with Crippen molar-refractivity contribution in [3.63, 3.8) is 0 Å². The van der Waals surface area contributed by atoms with Gasteiger partial charge < -0.3 is 9.80 Å². The van der Waals surface area contributed by atoms with Crippen LogP contribution in [0.5, 0.6) is 0 Å². The third-order valence-electron chi connectivity index (χ3n) is 11.9. The molecule has 0 aliphatic heterocycles. The zero-order valence-electron chi connectivity index (χ0n) is 31.2. The molecular formula is C50H48N2. The molecule has 258 valence electrons. The first-order valence-corrected chi connectivity index (χ1v) is 19.2. The van der Waals surface area contributed by atoms with E-state index in [0.29, 0.717) is 5.92 Å². The van der Waals surface area contributed by atoms with E-state index in [4.69, 9.17) is 0 Å². The summed E-state index contributed by atoms with van der Waals surface area (Å²) in [5.74, 6) is 2.31. The number of fused-ring (bicyclic) bond motifs is 4. The normalized spacial score (nSPS) is 18.0. The lowest BCUT2D eigenvalue weighted by Crippen LogP contribution is -2.15. The first kappa shape index (κ1) is 32.6. The van der Waals surface area contributed by atoms with E-state index in [1.54, 1.807) is 0 Å². The van der Waals surface area contributed by atoms with Crippen molar-refractivity contribution in [1.29, 1.82) is 0 Å². The van der Waals surface area contributed by atoms with Crippen LogP contribution in [0.25, 0.3) is 21.5 Å². The molecule has 0 saturated heterocycles. The molecule has 2 aliphatic carbocycles. The van der Waals surface area contributed by atoms with Gasteiger partial charge >= 0.3 is 0 Å². The minimum atomic E-state index is 0.629. The molecule has 2 bridgehead atoms. The molecule has 0 heterocycles. The molecule has 3 atom stereocenters. The standard InChI is InChI=1S/C50H48N2/c1-32-10-6-14-40(24-32)51(41-15-7-11-33(2)25-41)49-45-23-21-39(46-30-37-19-20-38(46)29-37)31-48(45)50(44-22-18-36(5)28-47(44)49)52(42-16-8-12-34(3)26-42)43-17-9-13-35(4)27-43/h6-18,21-28,31,37-38,46H,19-20,29-30H2,1-5H3. The summed E-state index contributed by atoms with van der Waals surface area (Å²) in [6.45, 7) is 11.0. The fourth-order valence-electron chi connectivity index (χ4n) is 9.56. The van der Waals surface area contributed by atoms with Crippen molar-refractivity contribution >= 4 is 55.7 Å². The predicted octanol–water partition coefficient (Wildman–Crippen LogP) is 14.4. The van der Waals surface area contributed by atoms with Crippen LogP contribution in [0.4, 0.5) is 34.1 Å². The SMILES string of the molecule is Cc1cccc(N(c2cccc(C)c2)c2c3ccc(C4CC5CCC4C5)cc3c(N(c3cccc(C)c3)c3cccc(C)c3)c3ccc(C)cc23)c1. The smallest absolute Gasteiger partial charge is 0.0620 e. The molecule has 0 amide bonds. The third kappa shape index (κ3) is 5.75. The monoisotopic (exact) mass is 676 g/mol. The van der Waals surface area contributed by atoms with Crippen molar-refractivity contribution in [2.45, 2.75) is 66.2 Å². The molecule has 7 aromatic rings. The van der Waals surface area contributed by atoms with Gasteiger partial charge in [0.15, 0.2) is 0 Å². The van der Waals surface area contributed by atoms with Gasteiger partial charge in [0.1, 0.15) is 0 Å². The van der Waals surface area contributed by atoms with Crippen LogP contribution in [-0.2, 0) is 0 Å². The van der Waals surface area contributed by atoms with Gasteiger partial charge in [-0.2, -0.15) is 0 Å². The highest BCUT2D eigenvalue weighted by atomic mass is 15.2. The first-order chi connectivity index (χ1) is 25.3. The van der Waals surface area contributed by atoms with Gasteiger partial charge in [0.05, 0.1) is 11.4 Å². The minimum absolute atomic E-state index is 0.629. The van der Waals surface area contributed by atoms with Crippen LogP contribution in [0.1, 0.15) is 65.0 Å². The Hall–Kier alpha value is -5.34. The Morgan fingerprint density at radius 1 is 0.404 bits per heavy atom. The summed E-state index contributed by atoms with van der Waals surface area (Å²) in [4.78, 5) is 5.06. The number of hydrogen-bond acceptors (Lipinski definition) is 2. The van der Waals surface area contributed by atoms with E-state index in [1.165, 1.54) is 115 Å². The Labute approximate surface area is 309 Å². The highest BCUT2D eigenvalue weighted by Crippen LogP contribution is 2.56. The molecule has 0 N–H and O–H groups in total. The number of anilines is 6. The number of aryl methyl sites for hydroxylation is 5. The van der Waals surface area contributed by atoms with E-state index in [-0.39, 0.29) is 0 Å². The average molecular weight is 677 g/mol. The zero-order valence-corrected chi connectivity index (χ0v) is 31.2. The Kier molecular flexibility index (Phi) is 8.15. The summed E-state index contributed by atoms with van der Waals surface area (Å²) >= 11 is 0. The van der Waals surface area contributed by atoms with Crippen LogP contribution >= 0.6 is 0 Å². The quantitative estimate of drug-likeness (QED) is 0.122. The second-order valence-corrected chi connectivity index (χ2v) is 15.9. The highest BCUT2D eigenvalue weighted by Gasteiger charge is 2.40. The van der Waals surface area contributed by atoms with Crippen molar-refractivity contribution in [2.75, 3.05) is 9.80 Å². The van der Waals surface area contributed by atoms with Crippen LogP contribution in [-0.4, -0.2) is 0 Å². The molecule has 2 saturated carbocycles. The van der Waals surface area contributed by atoms with E-state index in [0.717, 1.165) is 11.8 Å². The Bertz CT molecular complexity index is 2380. The number of rotatable bonds is 7. The van der Waals surface area contributed by atoms with Crippen LogP contribution in [0.15, 0.2) is 133 Å². The van der Waals surface area contributed by atoms with Crippen molar-refractivity contribution in [1.82, 2.24) is 0 Å². The van der Waals surface area contributed by atoms with Gasteiger partial charge in [0, 0.05) is 44.3 Å². The van der Waals surface area contributed by atoms with E-state index in [2.05, 4.69) is 178 Å². The molecule has 2 heteroatoms. The maximum Gasteiger partial charge on any atom is 0.0620 e. The molecule has 52 heavy (non-hydrogen) atoms. The first-order valence-electron chi connectivity index (χ1n) is 19.2. The second-order valence-electron chi connectivity index (χ2n) is 15.9. The molecule has 7 aromatic carbocycles. The summed E-state index contributed by atoms with van der Waals surface area (Å²) in [6, 6.07) is 50.7. The lowest BCUT2D eigenvalue weighted by molar-refractivity contribution is 0.420. The van der Waals surface area contributed by atoms with Gasteiger partial charge in [-0.15, -0.1) is 0 Å². The highest BCUT2D eigenvalue weighted by molar-refractivity contribution is 6.23. The van der Waals surface area contributed by atoms with Crippen LogP contribution in [0, 0.1) is 46.5 Å². The summed E-state index contributed by atoms with van der Waals surface area (Å²) < 4.78 is 0. The minimum Gasteiger partial charge on any atom is -0.309 e. The molecule has 2 fully saturated rings. The summed E-state index contributed by atoms with van der Waals surface area (Å²) in [5.41, 5.74) is 15.0. The van der Waals surface area contributed by atoms with Crippen molar-refractivity contribution < 1.29 is 0 Å².